The van der Waals surface area contributed by atoms with Crippen LogP contribution >= 0.6 is 0 Å². The van der Waals surface area contributed by atoms with Crippen LogP contribution in [-0.2, 0) is 0 Å². The molecule has 2 rings (SSSR count). The number of hydrogen-bond donors (Lipinski definition) is 1. The summed E-state index contributed by atoms with van der Waals surface area (Å²) in [7, 11) is 0. The van der Waals surface area contributed by atoms with E-state index in [1.165, 1.54) is 38.8 Å². The maximum absolute atomic E-state index is 9.35. The lowest BCUT2D eigenvalue weighted by Crippen LogP contribution is -2.36. The average Bonchev–Trinajstić information content (AvgIpc) is 2.58. The van der Waals surface area contributed by atoms with E-state index >= 15 is 0 Å². The van der Waals surface area contributed by atoms with Gasteiger partial charge in [-0.3, -0.25) is 0 Å². The molecule has 0 aromatic carbocycles. The van der Waals surface area contributed by atoms with Gasteiger partial charge in [0.05, 0.1) is 6.10 Å². The second-order valence-corrected chi connectivity index (χ2v) is 4.21. The van der Waals surface area contributed by atoms with E-state index < -0.39 is 0 Å². The van der Waals surface area contributed by atoms with Crippen LogP contribution in [0.25, 0.3) is 0 Å². The molecule has 2 aliphatic rings. The summed E-state index contributed by atoms with van der Waals surface area (Å²) in [4.78, 5) is 2.62. The number of nitrogens with zero attached hydrogens (tertiary/aromatic N) is 1. The Balaban J connectivity index is 1.80. The molecule has 1 heterocycles. The standard InChI is InChI=1S/C10H19NO/c12-10-5-3-9(4-6-10)11-7-1-2-8-11/h9-10,12H,1-8H2. The van der Waals surface area contributed by atoms with Gasteiger partial charge >= 0.3 is 0 Å². The van der Waals surface area contributed by atoms with Crippen LogP contribution in [0, 0.1) is 0 Å². The van der Waals surface area contributed by atoms with E-state index in [0.29, 0.717) is 0 Å². The van der Waals surface area contributed by atoms with Crippen molar-refractivity contribution in [2.45, 2.75) is 50.7 Å². The van der Waals surface area contributed by atoms with Crippen molar-refractivity contribution in [1.29, 1.82) is 0 Å². The van der Waals surface area contributed by atoms with Crippen LogP contribution in [0.1, 0.15) is 38.5 Å². The minimum absolute atomic E-state index is 0.00357. The zero-order valence-corrected chi connectivity index (χ0v) is 7.71. The van der Waals surface area contributed by atoms with E-state index in [4.69, 9.17) is 0 Å². The third-order valence-corrected chi connectivity index (χ3v) is 3.32. The van der Waals surface area contributed by atoms with Gasteiger partial charge in [0.2, 0.25) is 0 Å². The van der Waals surface area contributed by atoms with Crippen LogP contribution < -0.4 is 0 Å². The minimum Gasteiger partial charge on any atom is -0.393 e. The molecule has 1 saturated carbocycles. The fraction of sp³-hybridized carbons (Fsp3) is 1.00. The predicted octanol–water partition coefficient (Wildman–Crippen LogP) is 1.39. The Bertz CT molecular complexity index is 135. The summed E-state index contributed by atoms with van der Waals surface area (Å²) in [5, 5.41) is 9.35. The molecule has 0 atom stereocenters. The van der Waals surface area contributed by atoms with Gasteiger partial charge in [0.1, 0.15) is 0 Å². The third kappa shape index (κ3) is 1.80. The molecule has 70 valence electrons. The van der Waals surface area contributed by atoms with Gasteiger partial charge in [-0.1, -0.05) is 0 Å². The predicted molar refractivity (Wildman–Crippen MR) is 49.1 cm³/mol. The number of aliphatic hydroxyl groups excluding tert-OH is 1. The van der Waals surface area contributed by atoms with Gasteiger partial charge in [-0.05, 0) is 51.6 Å². The van der Waals surface area contributed by atoms with E-state index in [2.05, 4.69) is 4.90 Å². The van der Waals surface area contributed by atoms with Crippen LogP contribution in [0.2, 0.25) is 0 Å². The van der Waals surface area contributed by atoms with E-state index in [1.807, 2.05) is 0 Å². The number of aliphatic hydroxyl groups is 1. The first-order valence-corrected chi connectivity index (χ1v) is 5.28. The van der Waals surface area contributed by atoms with Crippen molar-refractivity contribution < 1.29 is 5.11 Å². The van der Waals surface area contributed by atoms with E-state index in [1.54, 1.807) is 0 Å². The van der Waals surface area contributed by atoms with Crippen molar-refractivity contribution in [1.82, 2.24) is 4.90 Å². The van der Waals surface area contributed by atoms with Crippen molar-refractivity contribution in [2.24, 2.45) is 0 Å². The molecule has 0 bridgehead atoms. The zero-order chi connectivity index (χ0) is 8.39. The van der Waals surface area contributed by atoms with Crippen molar-refractivity contribution >= 4 is 0 Å². The monoisotopic (exact) mass is 169 g/mol. The van der Waals surface area contributed by atoms with Gasteiger partial charge in [0, 0.05) is 6.04 Å². The molecule has 2 heteroatoms. The second-order valence-electron chi connectivity index (χ2n) is 4.21. The normalized spacial score (nSPS) is 38.8. The van der Waals surface area contributed by atoms with Gasteiger partial charge in [0.15, 0.2) is 0 Å². The summed E-state index contributed by atoms with van der Waals surface area (Å²) in [6, 6.07) is 0.802. The molecule has 1 aliphatic heterocycles. The molecular formula is C10H19NO. The summed E-state index contributed by atoms with van der Waals surface area (Å²) >= 11 is 0. The van der Waals surface area contributed by atoms with Crippen LogP contribution in [-0.4, -0.2) is 35.2 Å². The summed E-state index contributed by atoms with van der Waals surface area (Å²) in [5.74, 6) is 0. The largest absolute Gasteiger partial charge is 0.393 e. The summed E-state index contributed by atoms with van der Waals surface area (Å²) in [5.41, 5.74) is 0. The van der Waals surface area contributed by atoms with Crippen LogP contribution in [0.15, 0.2) is 0 Å². The fourth-order valence-electron chi connectivity index (χ4n) is 2.53. The summed E-state index contributed by atoms with van der Waals surface area (Å²) < 4.78 is 0. The molecule has 0 radical (unpaired) electrons. The highest BCUT2D eigenvalue weighted by Crippen LogP contribution is 2.25. The minimum atomic E-state index is 0.00357. The first-order chi connectivity index (χ1) is 5.86. The van der Waals surface area contributed by atoms with Crippen molar-refractivity contribution in [3.05, 3.63) is 0 Å². The second kappa shape index (κ2) is 3.75. The Morgan fingerprint density at radius 2 is 1.50 bits per heavy atom. The Morgan fingerprint density at radius 1 is 0.917 bits per heavy atom. The topological polar surface area (TPSA) is 23.5 Å². The van der Waals surface area contributed by atoms with Gasteiger partial charge < -0.3 is 10.0 Å². The maximum atomic E-state index is 9.35. The highest BCUT2D eigenvalue weighted by atomic mass is 16.3. The molecule has 1 N–H and O–H groups in total. The van der Waals surface area contributed by atoms with E-state index in [9.17, 15) is 5.11 Å². The molecule has 0 spiro atoms. The molecule has 12 heavy (non-hydrogen) atoms. The molecule has 1 aliphatic carbocycles. The molecule has 2 fully saturated rings. The van der Waals surface area contributed by atoms with Crippen LogP contribution in [0.5, 0.6) is 0 Å². The van der Waals surface area contributed by atoms with Gasteiger partial charge in [-0.15, -0.1) is 0 Å². The summed E-state index contributed by atoms with van der Waals surface area (Å²) in [6.07, 6.45) is 7.28. The lowest BCUT2D eigenvalue weighted by atomic mass is 9.92. The smallest absolute Gasteiger partial charge is 0.0541 e. The van der Waals surface area contributed by atoms with E-state index in [0.717, 1.165) is 18.9 Å². The Labute approximate surface area is 74.6 Å². The van der Waals surface area contributed by atoms with Crippen LogP contribution in [0.3, 0.4) is 0 Å². The van der Waals surface area contributed by atoms with E-state index in [-0.39, 0.29) is 6.10 Å². The SMILES string of the molecule is OC1CCC(N2CCCC2)CC1. The number of rotatable bonds is 1. The molecule has 2 nitrogen and oxygen atoms in total. The van der Waals surface area contributed by atoms with Gasteiger partial charge in [-0.2, -0.15) is 0 Å². The first kappa shape index (κ1) is 8.52. The summed E-state index contributed by atoms with van der Waals surface area (Å²) in [6.45, 7) is 2.61. The fourth-order valence-corrected chi connectivity index (χ4v) is 2.53. The lowest BCUT2D eigenvalue weighted by molar-refractivity contribution is 0.0836. The molecule has 0 amide bonds. The van der Waals surface area contributed by atoms with Crippen molar-refractivity contribution in [3.63, 3.8) is 0 Å². The highest BCUT2D eigenvalue weighted by Gasteiger charge is 2.26. The molecular weight excluding hydrogens is 150 g/mol. The molecule has 0 aromatic heterocycles. The maximum Gasteiger partial charge on any atom is 0.0541 e. The van der Waals surface area contributed by atoms with Crippen LogP contribution in [0.4, 0.5) is 0 Å². The Morgan fingerprint density at radius 3 is 2.08 bits per heavy atom. The zero-order valence-electron chi connectivity index (χ0n) is 7.71. The van der Waals surface area contributed by atoms with Crippen molar-refractivity contribution in [3.8, 4) is 0 Å². The first-order valence-electron chi connectivity index (χ1n) is 5.28. The highest BCUT2D eigenvalue weighted by molar-refractivity contribution is 4.81. The number of hydrogen-bond acceptors (Lipinski definition) is 2. The Hall–Kier alpha value is -0.0800. The molecule has 0 unspecified atom stereocenters. The van der Waals surface area contributed by atoms with Gasteiger partial charge in [0.25, 0.3) is 0 Å². The lowest BCUT2D eigenvalue weighted by Gasteiger charge is -2.32. The van der Waals surface area contributed by atoms with Crippen molar-refractivity contribution in [2.75, 3.05) is 13.1 Å². The average molecular weight is 169 g/mol. The third-order valence-electron chi connectivity index (χ3n) is 3.32. The molecule has 0 aromatic rings. The number of likely N-dealkylation sites (tertiary alicyclic amines) is 1. The Kier molecular flexibility index (Phi) is 2.66. The quantitative estimate of drug-likeness (QED) is 0.641. The molecule has 1 saturated heterocycles. The van der Waals surface area contributed by atoms with Gasteiger partial charge in [-0.25, -0.2) is 0 Å².